The summed E-state index contributed by atoms with van der Waals surface area (Å²) in [5.74, 6) is 0.149. The van der Waals surface area contributed by atoms with E-state index >= 15 is 0 Å². The van der Waals surface area contributed by atoms with Crippen molar-refractivity contribution < 1.29 is 14.5 Å². The zero-order chi connectivity index (χ0) is 13.7. The van der Waals surface area contributed by atoms with Crippen molar-refractivity contribution in [3.05, 3.63) is 52.6 Å². The maximum Gasteiger partial charge on any atom is 0.311 e. The molecule has 0 N–H and O–H groups in total. The van der Waals surface area contributed by atoms with Crippen LogP contribution >= 0.6 is 0 Å². The number of hydrogen-bond acceptors (Lipinski definition) is 5. The Morgan fingerprint density at radius 1 is 1.47 bits per heavy atom. The van der Waals surface area contributed by atoms with Crippen LogP contribution in [0.1, 0.15) is 10.4 Å². The molecule has 0 amide bonds. The lowest BCUT2D eigenvalue weighted by atomic mass is 10.2. The van der Waals surface area contributed by atoms with E-state index in [1.807, 2.05) is 0 Å². The van der Waals surface area contributed by atoms with Crippen LogP contribution in [0.25, 0.3) is 0 Å². The topological polar surface area (TPSA) is 87.3 Å². The minimum absolute atomic E-state index is 0.149. The quantitative estimate of drug-likeness (QED) is 0.448. The highest BCUT2D eigenvalue weighted by molar-refractivity contribution is 5.77. The molecule has 0 atom stereocenters. The number of imidazole rings is 1. The van der Waals surface area contributed by atoms with Crippen LogP contribution in [0, 0.1) is 10.1 Å². The van der Waals surface area contributed by atoms with Gasteiger partial charge in [0.05, 0.1) is 17.8 Å². The van der Waals surface area contributed by atoms with Crippen molar-refractivity contribution in [2.24, 2.45) is 0 Å². The first-order valence-electron chi connectivity index (χ1n) is 5.53. The third-order valence-corrected chi connectivity index (χ3v) is 2.48. The van der Waals surface area contributed by atoms with E-state index in [2.05, 4.69) is 4.98 Å². The summed E-state index contributed by atoms with van der Waals surface area (Å²) in [5.41, 5.74) is 0.0314. The first-order valence-corrected chi connectivity index (χ1v) is 5.53. The molecule has 1 heterocycles. The van der Waals surface area contributed by atoms with Crippen molar-refractivity contribution >= 4 is 12.0 Å². The van der Waals surface area contributed by atoms with Gasteiger partial charge < -0.3 is 9.30 Å². The summed E-state index contributed by atoms with van der Waals surface area (Å²) < 4.78 is 7.16. The lowest BCUT2D eigenvalue weighted by Gasteiger charge is -2.07. The number of carbonyl (C=O) groups is 1. The van der Waals surface area contributed by atoms with E-state index in [4.69, 9.17) is 4.74 Å². The number of nitrogens with zero attached hydrogens (tertiary/aromatic N) is 3. The van der Waals surface area contributed by atoms with Crippen LogP contribution in [0.5, 0.6) is 5.75 Å². The molecule has 7 nitrogen and oxygen atoms in total. The molecule has 1 aromatic heterocycles. The van der Waals surface area contributed by atoms with Gasteiger partial charge in [0.25, 0.3) is 0 Å². The second-order valence-corrected chi connectivity index (χ2v) is 3.75. The van der Waals surface area contributed by atoms with Gasteiger partial charge in [0.2, 0.25) is 0 Å². The Balaban J connectivity index is 2.06. The molecule has 0 saturated heterocycles. The lowest BCUT2D eigenvalue weighted by molar-refractivity contribution is -0.385. The van der Waals surface area contributed by atoms with Gasteiger partial charge in [-0.3, -0.25) is 14.9 Å². The van der Waals surface area contributed by atoms with E-state index in [-0.39, 0.29) is 23.6 Å². The number of ether oxygens (including phenoxy) is 1. The van der Waals surface area contributed by atoms with E-state index in [9.17, 15) is 14.9 Å². The number of nitro benzene ring substituents is 1. The van der Waals surface area contributed by atoms with Crippen LogP contribution in [0.4, 0.5) is 5.69 Å². The SMILES string of the molecule is O=Cc1ccc(OCCn2ccnc2)c([N+](=O)[O-])c1. The Kier molecular flexibility index (Phi) is 3.87. The third-order valence-electron chi connectivity index (χ3n) is 2.48. The molecule has 0 saturated carbocycles. The van der Waals surface area contributed by atoms with E-state index in [1.54, 1.807) is 23.3 Å². The number of carbonyl (C=O) groups excluding carboxylic acids is 1. The summed E-state index contributed by atoms with van der Waals surface area (Å²) in [6.07, 6.45) is 5.60. The Hall–Kier alpha value is -2.70. The highest BCUT2D eigenvalue weighted by Crippen LogP contribution is 2.27. The molecule has 7 heteroatoms. The molecule has 0 bridgehead atoms. The Bertz CT molecular complexity index is 581. The standard InChI is InChI=1S/C12H11N3O4/c16-8-10-1-2-12(11(7-10)15(17)18)19-6-5-14-4-3-13-9-14/h1-4,7-9H,5-6H2. The molecule has 19 heavy (non-hydrogen) atoms. The van der Waals surface area contributed by atoms with Crippen molar-refractivity contribution in [1.29, 1.82) is 0 Å². The third kappa shape index (κ3) is 3.15. The second-order valence-electron chi connectivity index (χ2n) is 3.75. The Morgan fingerprint density at radius 2 is 2.32 bits per heavy atom. The van der Waals surface area contributed by atoms with Crippen molar-refractivity contribution in [3.63, 3.8) is 0 Å². The van der Waals surface area contributed by atoms with E-state index in [0.29, 0.717) is 12.8 Å². The normalized spacial score (nSPS) is 10.1. The van der Waals surface area contributed by atoms with Crippen molar-refractivity contribution in [2.75, 3.05) is 6.61 Å². The Morgan fingerprint density at radius 3 is 2.95 bits per heavy atom. The van der Waals surface area contributed by atoms with Gasteiger partial charge >= 0.3 is 5.69 Å². The molecule has 0 radical (unpaired) electrons. The van der Waals surface area contributed by atoms with Crippen LogP contribution in [0.2, 0.25) is 0 Å². The minimum Gasteiger partial charge on any atom is -0.485 e. The highest BCUT2D eigenvalue weighted by atomic mass is 16.6. The summed E-state index contributed by atoms with van der Waals surface area (Å²) >= 11 is 0. The fourth-order valence-electron chi connectivity index (χ4n) is 1.55. The van der Waals surface area contributed by atoms with E-state index in [1.165, 1.54) is 18.2 Å². The average molecular weight is 261 g/mol. The van der Waals surface area contributed by atoms with E-state index in [0.717, 1.165) is 0 Å². The predicted molar refractivity (Wildman–Crippen MR) is 66.2 cm³/mol. The molecule has 0 aliphatic rings. The van der Waals surface area contributed by atoms with E-state index < -0.39 is 4.92 Å². The molecule has 2 rings (SSSR count). The minimum atomic E-state index is -0.570. The van der Waals surface area contributed by atoms with Crippen LogP contribution in [-0.2, 0) is 6.54 Å². The number of aldehydes is 1. The molecule has 0 aliphatic heterocycles. The van der Waals surface area contributed by atoms with Gasteiger partial charge in [-0.1, -0.05) is 0 Å². The summed E-state index contributed by atoms with van der Waals surface area (Å²) in [7, 11) is 0. The smallest absolute Gasteiger partial charge is 0.311 e. The van der Waals surface area contributed by atoms with Gasteiger partial charge in [0.15, 0.2) is 5.75 Å². The lowest BCUT2D eigenvalue weighted by Crippen LogP contribution is -2.07. The highest BCUT2D eigenvalue weighted by Gasteiger charge is 2.15. The largest absolute Gasteiger partial charge is 0.485 e. The maximum absolute atomic E-state index is 10.9. The summed E-state index contributed by atoms with van der Waals surface area (Å²) in [4.78, 5) is 24.8. The molecular weight excluding hydrogens is 250 g/mol. The first-order chi connectivity index (χ1) is 9.20. The molecule has 1 aromatic carbocycles. The first kappa shape index (κ1) is 12.7. The average Bonchev–Trinajstić information content (AvgIpc) is 2.92. The molecule has 0 unspecified atom stereocenters. The number of hydrogen-bond donors (Lipinski definition) is 0. The summed E-state index contributed by atoms with van der Waals surface area (Å²) in [6.45, 7) is 0.810. The van der Waals surface area contributed by atoms with Gasteiger partial charge in [-0.25, -0.2) is 4.98 Å². The van der Waals surface area contributed by atoms with Crippen LogP contribution in [-0.4, -0.2) is 27.4 Å². The Labute approximate surface area is 108 Å². The maximum atomic E-state index is 10.9. The molecule has 0 aliphatic carbocycles. The summed E-state index contributed by atoms with van der Waals surface area (Å²) in [6, 6.07) is 4.10. The van der Waals surface area contributed by atoms with Gasteiger partial charge in [0, 0.05) is 24.0 Å². The van der Waals surface area contributed by atoms with Gasteiger partial charge in [0.1, 0.15) is 12.9 Å². The molecule has 0 fully saturated rings. The van der Waals surface area contributed by atoms with Crippen LogP contribution in [0.15, 0.2) is 36.9 Å². The monoisotopic (exact) mass is 261 g/mol. The molecule has 0 spiro atoms. The van der Waals surface area contributed by atoms with Crippen molar-refractivity contribution in [2.45, 2.75) is 6.54 Å². The van der Waals surface area contributed by atoms with Crippen molar-refractivity contribution in [3.8, 4) is 5.75 Å². The van der Waals surface area contributed by atoms with Gasteiger partial charge in [-0.2, -0.15) is 0 Å². The fourth-order valence-corrected chi connectivity index (χ4v) is 1.55. The summed E-state index contributed by atoms with van der Waals surface area (Å²) in [5, 5.41) is 10.9. The number of aromatic nitrogens is 2. The fraction of sp³-hybridized carbons (Fsp3) is 0.167. The second kappa shape index (κ2) is 5.76. The predicted octanol–water partition coefficient (Wildman–Crippen LogP) is 1.68. The number of nitro groups is 1. The molecule has 98 valence electrons. The van der Waals surface area contributed by atoms with Crippen LogP contribution < -0.4 is 4.74 Å². The van der Waals surface area contributed by atoms with Crippen molar-refractivity contribution in [1.82, 2.24) is 9.55 Å². The van der Waals surface area contributed by atoms with Gasteiger partial charge in [-0.05, 0) is 12.1 Å². The van der Waals surface area contributed by atoms with Crippen LogP contribution in [0.3, 0.4) is 0 Å². The number of rotatable bonds is 6. The number of benzene rings is 1. The van der Waals surface area contributed by atoms with Gasteiger partial charge in [-0.15, -0.1) is 0 Å². The zero-order valence-electron chi connectivity index (χ0n) is 9.93. The zero-order valence-corrected chi connectivity index (χ0v) is 9.93. The molecule has 2 aromatic rings. The molecular formula is C12H11N3O4.